The number of rotatable bonds is 10. The van der Waals surface area contributed by atoms with Crippen molar-refractivity contribution in [3.05, 3.63) is 125 Å². The van der Waals surface area contributed by atoms with E-state index >= 15 is 0 Å². The summed E-state index contributed by atoms with van der Waals surface area (Å²) in [6, 6.07) is 34.3. The summed E-state index contributed by atoms with van der Waals surface area (Å²) in [6.45, 7) is 5.23. The zero-order valence-corrected chi connectivity index (χ0v) is 22.7. The standard InChI is InChI=1S/C35H31NO4/c1-3-28-30-19-20-32(40-23-25-13-9-6-10-14-25)31-21-29(35(37)38-4-2)34(36(30)31)33(28)26-15-17-27(18-16-26)39-22-24-11-7-5-8-12-24/h5-21H,3-4,22-23H2,1-2H3. The highest BCUT2D eigenvalue weighted by atomic mass is 16.5. The zero-order chi connectivity index (χ0) is 27.5. The van der Waals surface area contributed by atoms with Gasteiger partial charge in [0.05, 0.1) is 28.7 Å². The van der Waals surface area contributed by atoms with Gasteiger partial charge in [-0.05, 0) is 65.9 Å². The Morgan fingerprint density at radius 1 is 0.725 bits per heavy atom. The van der Waals surface area contributed by atoms with Crippen LogP contribution in [0.5, 0.6) is 11.5 Å². The smallest absolute Gasteiger partial charge is 0.340 e. The van der Waals surface area contributed by atoms with E-state index in [4.69, 9.17) is 14.2 Å². The third-order valence-corrected chi connectivity index (χ3v) is 7.21. The fourth-order valence-corrected chi connectivity index (χ4v) is 5.36. The van der Waals surface area contributed by atoms with Gasteiger partial charge in [0.1, 0.15) is 24.7 Å². The number of aromatic nitrogens is 1. The first-order valence-electron chi connectivity index (χ1n) is 13.7. The highest BCUT2D eigenvalue weighted by Crippen LogP contribution is 2.42. The molecule has 200 valence electrons. The van der Waals surface area contributed by atoms with Crippen LogP contribution in [0.15, 0.2) is 103 Å². The van der Waals surface area contributed by atoms with Crippen LogP contribution < -0.4 is 9.47 Å². The monoisotopic (exact) mass is 529 g/mol. The number of aryl methyl sites for hydroxylation is 1. The lowest BCUT2D eigenvalue weighted by atomic mass is 9.98. The number of hydrogen-bond donors (Lipinski definition) is 0. The number of esters is 1. The second-order valence-electron chi connectivity index (χ2n) is 9.71. The van der Waals surface area contributed by atoms with E-state index in [1.165, 1.54) is 5.56 Å². The molecule has 0 aliphatic rings. The number of nitrogens with zero attached hydrogens (tertiary/aromatic N) is 1. The summed E-state index contributed by atoms with van der Waals surface area (Å²) in [5.74, 6) is 1.19. The first-order valence-corrected chi connectivity index (χ1v) is 13.7. The molecule has 0 fully saturated rings. The normalized spacial score (nSPS) is 11.2. The minimum atomic E-state index is -0.334. The van der Waals surface area contributed by atoms with Gasteiger partial charge in [0.2, 0.25) is 0 Å². The Morgan fingerprint density at radius 2 is 1.38 bits per heavy atom. The summed E-state index contributed by atoms with van der Waals surface area (Å²) in [5.41, 5.74) is 8.76. The van der Waals surface area contributed by atoms with E-state index in [2.05, 4.69) is 41.7 Å². The third-order valence-electron chi connectivity index (χ3n) is 7.21. The Balaban J connectivity index is 1.42. The summed E-state index contributed by atoms with van der Waals surface area (Å²) >= 11 is 0. The molecule has 6 rings (SSSR count). The van der Waals surface area contributed by atoms with Gasteiger partial charge in [0.15, 0.2) is 0 Å². The molecule has 0 radical (unpaired) electrons. The zero-order valence-electron chi connectivity index (χ0n) is 22.7. The van der Waals surface area contributed by atoms with Gasteiger partial charge in [0, 0.05) is 5.56 Å². The van der Waals surface area contributed by atoms with Crippen LogP contribution in [0.2, 0.25) is 0 Å². The van der Waals surface area contributed by atoms with Gasteiger partial charge >= 0.3 is 5.97 Å². The van der Waals surface area contributed by atoms with E-state index in [0.29, 0.717) is 25.4 Å². The van der Waals surface area contributed by atoms with Gasteiger partial charge in [-0.3, -0.25) is 0 Å². The van der Waals surface area contributed by atoms with Crippen molar-refractivity contribution in [3.8, 4) is 22.6 Å². The molecule has 3 heterocycles. The Morgan fingerprint density at radius 3 is 2.00 bits per heavy atom. The molecule has 0 spiro atoms. The van der Waals surface area contributed by atoms with Crippen molar-refractivity contribution in [1.29, 1.82) is 0 Å². The molecule has 3 aromatic heterocycles. The van der Waals surface area contributed by atoms with Gasteiger partial charge in [0.25, 0.3) is 0 Å². The lowest BCUT2D eigenvalue weighted by Gasteiger charge is -2.10. The Bertz CT molecular complexity index is 1740. The van der Waals surface area contributed by atoms with Crippen molar-refractivity contribution < 1.29 is 19.0 Å². The summed E-state index contributed by atoms with van der Waals surface area (Å²) in [5, 5.41) is 0. The molecule has 0 N–H and O–H groups in total. The fourth-order valence-electron chi connectivity index (χ4n) is 5.36. The molecule has 0 aliphatic heterocycles. The third kappa shape index (κ3) is 4.75. The van der Waals surface area contributed by atoms with Crippen molar-refractivity contribution in [2.45, 2.75) is 33.5 Å². The SMILES string of the molecule is CCOC(=O)c1cc2c(OCc3ccccc3)ccc3c(CC)c(-c4ccc(OCc5ccccc5)cc4)c1n23. The van der Waals surface area contributed by atoms with E-state index in [-0.39, 0.29) is 5.97 Å². The number of pyridine rings is 1. The van der Waals surface area contributed by atoms with Gasteiger partial charge in [-0.15, -0.1) is 0 Å². The van der Waals surface area contributed by atoms with Crippen LogP contribution in [0.25, 0.3) is 27.7 Å². The van der Waals surface area contributed by atoms with E-state index in [1.807, 2.05) is 79.7 Å². The number of carbonyl (C=O) groups is 1. The first-order chi connectivity index (χ1) is 19.7. The fraction of sp³-hybridized carbons (Fsp3) is 0.171. The highest BCUT2D eigenvalue weighted by molar-refractivity contribution is 6.09. The maximum absolute atomic E-state index is 13.2. The van der Waals surface area contributed by atoms with Crippen molar-refractivity contribution in [1.82, 2.24) is 4.40 Å². The molecule has 3 aromatic carbocycles. The van der Waals surface area contributed by atoms with Crippen molar-refractivity contribution in [3.63, 3.8) is 0 Å². The van der Waals surface area contributed by atoms with Crippen LogP contribution in [0, 0.1) is 0 Å². The Kier molecular flexibility index (Phi) is 7.11. The number of ether oxygens (including phenoxy) is 3. The molecule has 0 atom stereocenters. The molecular weight excluding hydrogens is 498 g/mol. The van der Waals surface area contributed by atoms with E-state index in [0.717, 1.165) is 56.7 Å². The van der Waals surface area contributed by atoms with Crippen LogP contribution in [0.3, 0.4) is 0 Å². The highest BCUT2D eigenvalue weighted by Gasteiger charge is 2.27. The van der Waals surface area contributed by atoms with E-state index in [1.54, 1.807) is 0 Å². The second kappa shape index (κ2) is 11.1. The maximum atomic E-state index is 13.2. The molecule has 6 aromatic rings. The van der Waals surface area contributed by atoms with Crippen molar-refractivity contribution in [2.75, 3.05) is 6.61 Å². The minimum Gasteiger partial charge on any atom is -0.489 e. The Labute approximate surface area is 233 Å². The minimum absolute atomic E-state index is 0.307. The average molecular weight is 530 g/mol. The summed E-state index contributed by atoms with van der Waals surface area (Å²) < 4.78 is 20.0. The Hall–Kier alpha value is -4.77. The molecule has 0 bridgehead atoms. The van der Waals surface area contributed by atoms with Gasteiger partial charge in [-0.25, -0.2) is 4.79 Å². The molecule has 5 heteroatoms. The molecule has 0 unspecified atom stereocenters. The number of carbonyl (C=O) groups excluding carboxylic acids is 1. The second-order valence-corrected chi connectivity index (χ2v) is 9.71. The van der Waals surface area contributed by atoms with Crippen LogP contribution >= 0.6 is 0 Å². The predicted molar refractivity (Wildman–Crippen MR) is 158 cm³/mol. The quantitative estimate of drug-likeness (QED) is 0.168. The van der Waals surface area contributed by atoms with E-state index < -0.39 is 0 Å². The van der Waals surface area contributed by atoms with Crippen LogP contribution in [-0.4, -0.2) is 17.0 Å². The molecule has 40 heavy (non-hydrogen) atoms. The molecule has 0 saturated carbocycles. The topological polar surface area (TPSA) is 49.2 Å². The average Bonchev–Trinajstić information content (AvgIpc) is 3.55. The summed E-state index contributed by atoms with van der Waals surface area (Å²) in [4.78, 5) is 13.2. The van der Waals surface area contributed by atoms with Gasteiger partial charge in [-0.1, -0.05) is 79.7 Å². The lowest BCUT2D eigenvalue weighted by molar-refractivity contribution is 0.0529. The molecule has 0 aliphatic carbocycles. The summed E-state index contributed by atoms with van der Waals surface area (Å²) in [7, 11) is 0. The first kappa shape index (κ1) is 25.5. The summed E-state index contributed by atoms with van der Waals surface area (Å²) in [6.07, 6.45) is 0.810. The number of benzene rings is 3. The molecule has 0 amide bonds. The van der Waals surface area contributed by atoms with Crippen LogP contribution in [-0.2, 0) is 24.4 Å². The predicted octanol–water partition coefficient (Wildman–Crippen LogP) is 8.09. The largest absolute Gasteiger partial charge is 0.489 e. The lowest BCUT2D eigenvalue weighted by Crippen LogP contribution is -2.04. The van der Waals surface area contributed by atoms with Gasteiger partial charge in [-0.2, -0.15) is 0 Å². The molecule has 0 saturated heterocycles. The molecular formula is C35H31NO4. The van der Waals surface area contributed by atoms with Crippen molar-refractivity contribution in [2.24, 2.45) is 0 Å². The number of hydrogen-bond acceptors (Lipinski definition) is 4. The van der Waals surface area contributed by atoms with Crippen LogP contribution in [0.4, 0.5) is 0 Å². The van der Waals surface area contributed by atoms with Gasteiger partial charge < -0.3 is 18.6 Å². The van der Waals surface area contributed by atoms with E-state index in [9.17, 15) is 4.79 Å². The maximum Gasteiger partial charge on any atom is 0.340 e. The van der Waals surface area contributed by atoms with Crippen molar-refractivity contribution >= 4 is 22.5 Å². The van der Waals surface area contributed by atoms with Crippen LogP contribution in [0.1, 0.15) is 40.9 Å². The molecule has 5 nitrogen and oxygen atoms in total.